The second-order valence-electron chi connectivity index (χ2n) is 3.96. The van der Waals surface area contributed by atoms with Crippen LogP contribution in [0.15, 0.2) is 28.9 Å². The molecule has 0 spiro atoms. The van der Waals surface area contributed by atoms with Crippen LogP contribution in [0.4, 0.5) is 0 Å². The number of methoxy groups -OCH3 is 1. The van der Waals surface area contributed by atoms with Crippen molar-refractivity contribution in [2.24, 2.45) is 5.16 Å². The minimum Gasteiger partial charge on any atom is -0.493 e. The highest BCUT2D eigenvalue weighted by Crippen LogP contribution is 2.29. The lowest BCUT2D eigenvalue weighted by atomic mass is 10.1. The first-order valence-electron chi connectivity index (χ1n) is 5.94. The molecule has 0 saturated carbocycles. The predicted octanol–water partition coefficient (Wildman–Crippen LogP) is 2.41. The average Bonchev–Trinajstić information content (AvgIpc) is 2.72. The summed E-state index contributed by atoms with van der Waals surface area (Å²) in [4.78, 5) is 16.0. The Labute approximate surface area is 111 Å². The van der Waals surface area contributed by atoms with Gasteiger partial charge in [-0.2, -0.15) is 0 Å². The van der Waals surface area contributed by atoms with Crippen molar-refractivity contribution >= 4 is 17.8 Å². The van der Waals surface area contributed by atoms with Gasteiger partial charge in [-0.05, 0) is 37.6 Å². The summed E-state index contributed by atoms with van der Waals surface area (Å²) in [5, 5.41) is 3.63. The van der Waals surface area contributed by atoms with Gasteiger partial charge in [0.25, 0.3) is 0 Å². The minimum absolute atomic E-state index is 0.439. The number of hydrogen-bond donors (Lipinski definition) is 0. The van der Waals surface area contributed by atoms with Gasteiger partial charge < -0.3 is 14.3 Å². The lowest BCUT2D eigenvalue weighted by molar-refractivity contribution is -0.136. The van der Waals surface area contributed by atoms with Gasteiger partial charge in [-0.3, -0.25) is 0 Å². The van der Waals surface area contributed by atoms with Crippen molar-refractivity contribution in [1.29, 1.82) is 0 Å². The Kier molecular flexibility index (Phi) is 3.85. The molecule has 0 N–H and O–H groups in total. The molecule has 1 aliphatic heterocycles. The molecule has 0 aliphatic carbocycles. The molecule has 100 valence electrons. The molecule has 0 aromatic heterocycles. The molecule has 1 aromatic rings. The van der Waals surface area contributed by atoms with Gasteiger partial charge in [0.05, 0.1) is 25.0 Å². The molecule has 0 fully saturated rings. The van der Waals surface area contributed by atoms with Crippen LogP contribution in [-0.4, -0.2) is 25.4 Å². The summed E-state index contributed by atoms with van der Waals surface area (Å²) >= 11 is 0. The Bertz CT molecular complexity index is 561. The third-order valence-corrected chi connectivity index (χ3v) is 2.67. The minimum atomic E-state index is -0.439. The number of carbonyl (C=O) groups is 1. The van der Waals surface area contributed by atoms with E-state index in [4.69, 9.17) is 9.47 Å². The van der Waals surface area contributed by atoms with Gasteiger partial charge in [0, 0.05) is 0 Å². The van der Waals surface area contributed by atoms with E-state index in [0.717, 1.165) is 5.56 Å². The Morgan fingerprint density at radius 3 is 2.74 bits per heavy atom. The summed E-state index contributed by atoms with van der Waals surface area (Å²) in [5.74, 6) is 0.856. The zero-order valence-corrected chi connectivity index (χ0v) is 11.1. The van der Waals surface area contributed by atoms with E-state index in [2.05, 4.69) is 9.99 Å². The highest BCUT2D eigenvalue weighted by Gasteiger charge is 2.21. The van der Waals surface area contributed by atoms with Gasteiger partial charge in [-0.15, -0.1) is 0 Å². The average molecular weight is 261 g/mol. The van der Waals surface area contributed by atoms with Crippen LogP contribution in [0.5, 0.6) is 11.5 Å². The van der Waals surface area contributed by atoms with E-state index in [1.807, 2.05) is 19.1 Å². The third-order valence-electron chi connectivity index (χ3n) is 2.67. The second kappa shape index (κ2) is 5.56. The molecule has 0 amide bonds. The molecule has 19 heavy (non-hydrogen) atoms. The van der Waals surface area contributed by atoms with Gasteiger partial charge >= 0.3 is 5.97 Å². The van der Waals surface area contributed by atoms with Gasteiger partial charge in [-0.25, -0.2) is 4.79 Å². The van der Waals surface area contributed by atoms with Crippen molar-refractivity contribution in [2.75, 3.05) is 13.7 Å². The number of benzene rings is 1. The van der Waals surface area contributed by atoms with Crippen LogP contribution >= 0.6 is 0 Å². The standard InChI is InChI=1S/C14H15NO4/c1-4-18-12-6-5-10(8-13(12)17-3)7-11-9(2)15-19-14(11)16/h5-8H,4H2,1-3H3/b11-7-. The van der Waals surface area contributed by atoms with Crippen LogP contribution in [0.2, 0.25) is 0 Å². The van der Waals surface area contributed by atoms with Crippen LogP contribution in [0.1, 0.15) is 19.4 Å². The highest BCUT2D eigenvalue weighted by atomic mass is 16.7. The molecule has 1 aromatic carbocycles. The summed E-state index contributed by atoms with van der Waals surface area (Å²) in [6, 6.07) is 5.46. The number of hydrogen-bond acceptors (Lipinski definition) is 5. The fraction of sp³-hybridized carbons (Fsp3) is 0.286. The van der Waals surface area contributed by atoms with Crippen molar-refractivity contribution in [3.63, 3.8) is 0 Å². The lowest BCUT2D eigenvalue weighted by Gasteiger charge is -2.09. The molecule has 0 bridgehead atoms. The maximum absolute atomic E-state index is 11.5. The Morgan fingerprint density at radius 2 is 2.16 bits per heavy atom. The summed E-state index contributed by atoms with van der Waals surface area (Å²) in [6.07, 6.45) is 1.71. The zero-order chi connectivity index (χ0) is 13.8. The highest BCUT2D eigenvalue weighted by molar-refractivity contribution is 6.24. The third kappa shape index (κ3) is 2.76. The Morgan fingerprint density at radius 1 is 1.37 bits per heavy atom. The lowest BCUT2D eigenvalue weighted by Crippen LogP contribution is -2.02. The molecule has 5 heteroatoms. The van der Waals surface area contributed by atoms with E-state index in [-0.39, 0.29) is 0 Å². The van der Waals surface area contributed by atoms with E-state index in [9.17, 15) is 4.79 Å². The number of rotatable bonds is 4. The normalized spacial score (nSPS) is 16.3. The van der Waals surface area contributed by atoms with Crippen LogP contribution in [0.25, 0.3) is 6.08 Å². The number of oxime groups is 1. The van der Waals surface area contributed by atoms with Crippen LogP contribution in [0, 0.1) is 0 Å². The SMILES string of the molecule is CCOc1ccc(/C=C2\C(=O)ON=C2C)cc1OC. The zero-order valence-electron chi connectivity index (χ0n) is 11.1. The van der Waals surface area contributed by atoms with Crippen LogP contribution in [-0.2, 0) is 9.63 Å². The fourth-order valence-electron chi connectivity index (χ4n) is 1.73. The number of ether oxygens (including phenoxy) is 2. The van der Waals surface area contributed by atoms with E-state index in [0.29, 0.717) is 29.4 Å². The molecule has 2 rings (SSSR count). The predicted molar refractivity (Wildman–Crippen MR) is 71.3 cm³/mol. The molecule has 0 radical (unpaired) electrons. The van der Waals surface area contributed by atoms with Crippen LogP contribution < -0.4 is 9.47 Å². The summed E-state index contributed by atoms with van der Waals surface area (Å²) in [5.41, 5.74) is 1.84. The Hall–Kier alpha value is -2.30. The molecule has 1 heterocycles. The van der Waals surface area contributed by atoms with Crippen molar-refractivity contribution in [3.05, 3.63) is 29.3 Å². The number of nitrogens with zero attached hydrogens (tertiary/aromatic N) is 1. The monoisotopic (exact) mass is 261 g/mol. The van der Waals surface area contributed by atoms with Crippen molar-refractivity contribution < 1.29 is 19.1 Å². The maximum atomic E-state index is 11.5. The molecular formula is C14H15NO4. The quantitative estimate of drug-likeness (QED) is 0.617. The second-order valence-corrected chi connectivity index (χ2v) is 3.96. The van der Waals surface area contributed by atoms with Crippen molar-refractivity contribution in [2.45, 2.75) is 13.8 Å². The summed E-state index contributed by atoms with van der Waals surface area (Å²) in [7, 11) is 1.57. The fourth-order valence-corrected chi connectivity index (χ4v) is 1.73. The smallest absolute Gasteiger partial charge is 0.367 e. The van der Waals surface area contributed by atoms with E-state index in [1.165, 1.54) is 0 Å². The topological polar surface area (TPSA) is 57.1 Å². The summed E-state index contributed by atoms with van der Waals surface area (Å²) in [6.45, 7) is 4.20. The van der Waals surface area contributed by atoms with Crippen LogP contribution in [0.3, 0.4) is 0 Å². The molecule has 0 unspecified atom stereocenters. The molecular weight excluding hydrogens is 246 g/mol. The largest absolute Gasteiger partial charge is 0.493 e. The number of carbonyl (C=O) groups excluding carboxylic acids is 1. The maximum Gasteiger partial charge on any atom is 0.367 e. The van der Waals surface area contributed by atoms with Gasteiger partial charge in [0.15, 0.2) is 11.5 Å². The first kappa shape index (κ1) is 13.1. The molecule has 0 atom stereocenters. The van der Waals surface area contributed by atoms with Gasteiger partial charge in [0.1, 0.15) is 0 Å². The van der Waals surface area contributed by atoms with Gasteiger partial charge in [0.2, 0.25) is 0 Å². The summed E-state index contributed by atoms with van der Waals surface area (Å²) < 4.78 is 10.7. The first-order valence-corrected chi connectivity index (χ1v) is 5.94. The molecule has 0 saturated heterocycles. The van der Waals surface area contributed by atoms with Crippen molar-refractivity contribution in [3.8, 4) is 11.5 Å². The molecule has 5 nitrogen and oxygen atoms in total. The van der Waals surface area contributed by atoms with E-state index >= 15 is 0 Å². The van der Waals surface area contributed by atoms with E-state index in [1.54, 1.807) is 26.2 Å². The van der Waals surface area contributed by atoms with Gasteiger partial charge in [-0.1, -0.05) is 11.2 Å². The van der Waals surface area contributed by atoms with E-state index < -0.39 is 5.97 Å². The van der Waals surface area contributed by atoms with Crippen molar-refractivity contribution in [1.82, 2.24) is 0 Å². The molecule has 1 aliphatic rings. The first-order chi connectivity index (χ1) is 9.15. The Balaban J connectivity index is 2.34.